The summed E-state index contributed by atoms with van der Waals surface area (Å²) in [7, 11) is 2.93. The van der Waals surface area contributed by atoms with Crippen molar-refractivity contribution >= 4 is 14.7 Å². The van der Waals surface area contributed by atoms with Gasteiger partial charge < -0.3 is 0 Å². The lowest BCUT2D eigenvalue weighted by molar-refractivity contribution is 2.99. The van der Waals surface area contributed by atoms with Gasteiger partial charge in [-0.1, -0.05) is 5.92 Å². The van der Waals surface area contributed by atoms with Gasteiger partial charge in [0.15, 0.2) is 0 Å². The van der Waals surface area contributed by atoms with Crippen LogP contribution >= 0.6 is 8.86 Å². The van der Waals surface area contributed by atoms with Gasteiger partial charge in [0.05, 0.1) is 0 Å². The Bertz CT molecular complexity index is 48.8. The quantitative estimate of drug-likeness (QED) is 0.288. The van der Waals surface area contributed by atoms with Gasteiger partial charge in [-0.3, -0.25) is 0 Å². The van der Waals surface area contributed by atoms with E-state index in [0.29, 0.717) is 0 Å². The highest BCUT2D eigenvalue weighted by atomic mass is 31.0. The molecule has 0 aliphatic heterocycles. The van der Waals surface area contributed by atoms with Crippen molar-refractivity contribution in [3.63, 3.8) is 0 Å². The first-order valence-corrected chi connectivity index (χ1v) is 1.44. The van der Waals surface area contributed by atoms with E-state index in [4.69, 9.17) is 0 Å². The lowest BCUT2D eigenvalue weighted by Gasteiger charge is -1.37. The molecule has 1 heteroatoms. The Morgan fingerprint density at radius 2 is 2.25 bits per heavy atom. The summed E-state index contributed by atoms with van der Waals surface area (Å²) in [5.41, 5.74) is 0. The van der Waals surface area contributed by atoms with Gasteiger partial charge in [-0.05, 0) is 0 Å². The van der Waals surface area contributed by atoms with Crippen molar-refractivity contribution in [3.05, 3.63) is 0 Å². The van der Waals surface area contributed by atoms with Crippen molar-refractivity contribution in [2.45, 2.75) is 0 Å². The second-order valence-electron chi connectivity index (χ2n) is 0.311. The molecule has 0 aromatic carbocycles. The third-order valence-corrected chi connectivity index (χ3v) is 0.250. The zero-order chi connectivity index (χ0) is 3.41. The Morgan fingerprint density at radius 3 is 2.25 bits per heavy atom. The number of terminal acetylenes is 1. The van der Waals surface area contributed by atoms with E-state index < -0.39 is 0 Å². The summed E-state index contributed by atoms with van der Waals surface area (Å²) < 4.78 is 0. The Hall–Kier alpha value is -0.270. The van der Waals surface area contributed by atoms with E-state index in [2.05, 4.69) is 21.2 Å². The van der Waals surface area contributed by atoms with Gasteiger partial charge in [0.25, 0.3) is 0 Å². The minimum absolute atomic E-state index is 1.46. The van der Waals surface area contributed by atoms with Gasteiger partial charge in [-0.15, -0.1) is 15.3 Å². The highest BCUT2D eigenvalue weighted by Gasteiger charge is 1.27. The summed E-state index contributed by atoms with van der Waals surface area (Å²) in [6, 6.07) is 0. The van der Waals surface area contributed by atoms with Gasteiger partial charge in [0, 0.05) is 5.80 Å². The SMILES string of the molecule is C#CC=P. The molecule has 0 radical (unpaired) electrons. The summed E-state index contributed by atoms with van der Waals surface area (Å²) >= 11 is 0. The summed E-state index contributed by atoms with van der Waals surface area (Å²) in [6.07, 6.45) is 4.67. The van der Waals surface area contributed by atoms with Gasteiger partial charge in [-0.2, -0.15) is 0 Å². The van der Waals surface area contributed by atoms with E-state index >= 15 is 0 Å². The van der Waals surface area contributed by atoms with Crippen molar-refractivity contribution in [1.29, 1.82) is 0 Å². The third kappa shape index (κ3) is 1.73. The van der Waals surface area contributed by atoms with Crippen molar-refractivity contribution < 1.29 is 0 Å². The van der Waals surface area contributed by atoms with Crippen LogP contribution in [0.1, 0.15) is 0 Å². The van der Waals surface area contributed by atoms with Gasteiger partial charge in [0.1, 0.15) is 0 Å². The monoisotopic (exact) mass is 70.0 g/mol. The lowest BCUT2D eigenvalue weighted by atomic mass is 10.8. The summed E-state index contributed by atoms with van der Waals surface area (Å²) in [4.78, 5) is 0. The first-order chi connectivity index (χ1) is 1.91. The largest absolute Gasteiger partial charge is 0.115 e. The molecule has 0 aliphatic carbocycles. The molecule has 0 amide bonds. The van der Waals surface area contributed by atoms with E-state index in [1.807, 2.05) is 0 Å². The molecular formula is C3H3P. The summed E-state index contributed by atoms with van der Waals surface area (Å²) in [6.45, 7) is 0. The van der Waals surface area contributed by atoms with Crippen LogP contribution in [0.15, 0.2) is 0 Å². The van der Waals surface area contributed by atoms with E-state index in [-0.39, 0.29) is 0 Å². The minimum atomic E-state index is 1.46. The van der Waals surface area contributed by atoms with Crippen molar-refractivity contribution in [2.75, 3.05) is 0 Å². The average Bonchev–Trinajstić information content (AvgIpc) is 1.37. The van der Waals surface area contributed by atoms with Crippen LogP contribution in [0.2, 0.25) is 0 Å². The zero-order valence-electron chi connectivity index (χ0n) is 2.15. The van der Waals surface area contributed by atoms with E-state index in [0.717, 1.165) is 0 Å². The maximum absolute atomic E-state index is 4.67. The van der Waals surface area contributed by atoms with Crippen LogP contribution in [-0.4, -0.2) is 5.80 Å². The number of hydrogen-bond acceptors (Lipinski definition) is 0. The molecule has 0 N–H and O–H groups in total. The second-order valence-corrected chi connectivity index (χ2v) is 0.600. The fraction of sp³-hybridized carbons (Fsp3) is 0. The molecule has 0 unspecified atom stereocenters. The predicted octanol–water partition coefficient (Wildman–Crippen LogP) is 0.565. The fourth-order valence-corrected chi connectivity index (χ4v) is 0. The fourth-order valence-electron chi connectivity index (χ4n) is 0. The van der Waals surface area contributed by atoms with Crippen molar-refractivity contribution in [1.82, 2.24) is 0 Å². The predicted molar refractivity (Wildman–Crippen MR) is 23.2 cm³/mol. The van der Waals surface area contributed by atoms with Gasteiger partial charge in [0.2, 0.25) is 0 Å². The molecule has 0 bridgehead atoms. The van der Waals surface area contributed by atoms with Crippen molar-refractivity contribution in [3.8, 4) is 12.3 Å². The normalized spacial score (nSPS) is 3.75. The summed E-state index contributed by atoms with van der Waals surface area (Å²) in [5.74, 6) is 3.68. The Balaban J connectivity index is 2.92. The van der Waals surface area contributed by atoms with Crippen LogP contribution in [0.5, 0.6) is 0 Å². The average molecular weight is 70.0 g/mol. The maximum atomic E-state index is 4.67. The van der Waals surface area contributed by atoms with E-state index in [1.165, 1.54) is 5.80 Å². The lowest BCUT2D eigenvalue weighted by Crippen LogP contribution is -1.38. The topological polar surface area (TPSA) is 0 Å². The van der Waals surface area contributed by atoms with Crippen LogP contribution in [0, 0.1) is 12.3 Å². The Labute approximate surface area is 28.1 Å². The molecule has 0 saturated heterocycles. The summed E-state index contributed by atoms with van der Waals surface area (Å²) in [5, 5.41) is 0. The molecule has 0 atom stereocenters. The molecular weight excluding hydrogens is 67.0 g/mol. The van der Waals surface area contributed by atoms with Crippen LogP contribution in [0.25, 0.3) is 0 Å². The molecule has 0 nitrogen and oxygen atoms in total. The van der Waals surface area contributed by atoms with Crippen LogP contribution in [-0.2, 0) is 0 Å². The first kappa shape index (κ1) is 3.73. The molecule has 0 spiro atoms. The highest BCUT2D eigenvalue weighted by molar-refractivity contribution is 7.19. The zero-order valence-corrected chi connectivity index (χ0v) is 3.15. The van der Waals surface area contributed by atoms with E-state index in [9.17, 15) is 0 Å². The molecule has 0 fully saturated rings. The van der Waals surface area contributed by atoms with E-state index in [1.54, 1.807) is 0 Å². The third-order valence-electron chi connectivity index (χ3n) is 0.0833. The first-order valence-electron chi connectivity index (χ1n) is 0.866. The highest BCUT2D eigenvalue weighted by Crippen LogP contribution is 1.43. The second kappa shape index (κ2) is 2.73. The molecule has 0 aromatic heterocycles. The molecule has 4 heavy (non-hydrogen) atoms. The molecule has 0 saturated carbocycles. The smallest absolute Gasteiger partial charge is 0.00791 e. The van der Waals surface area contributed by atoms with Crippen LogP contribution in [0.4, 0.5) is 0 Å². The van der Waals surface area contributed by atoms with Crippen LogP contribution < -0.4 is 0 Å². The molecule has 0 rings (SSSR count). The molecule has 0 aliphatic rings. The molecule has 0 heterocycles. The van der Waals surface area contributed by atoms with Crippen LogP contribution in [0.3, 0.4) is 0 Å². The minimum Gasteiger partial charge on any atom is -0.115 e. The standard InChI is InChI=1S/C3H3P/c1-2-3-4/h1,3-4H. The van der Waals surface area contributed by atoms with Crippen molar-refractivity contribution in [2.24, 2.45) is 0 Å². The van der Waals surface area contributed by atoms with Gasteiger partial charge in [-0.25, -0.2) is 0 Å². The molecule has 20 valence electrons. The molecule has 0 aromatic rings. The Kier molecular flexibility index (Phi) is 2.55. The number of hydrogen-bond donors (Lipinski definition) is 0. The Morgan fingerprint density at radius 1 is 2.00 bits per heavy atom. The van der Waals surface area contributed by atoms with Gasteiger partial charge >= 0.3 is 0 Å². The number of rotatable bonds is 0. The maximum Gasteiger partial charge on any atom is 0.00791 e.